The lowest BCUT2D eigenvalue weighted by molar-refractivity contribution is -0.121. The van der Waals surface area contributed by atoms with Crippen molar-refractivity contribution in [2.75, 3.05) is 6.54 Å². The number of nitrogens with zero attached hydrogens (tertiary/aromatic N) is 2. The van der Waals surface area contributed by atoms with Crippen LogP contribution in [0.4, 0.5) is 4.39 Å². The molecule has 130 valence electrons. The SMILES string of the molecule is O=C(CCc1nc(-c2ccoc2)no1)NCC(O)c1ccc(F)cc1. The van der Waals surface area contributed by atoms with Gasteiger partial charge in [0.2, 0.25) is 17.6 Å². The number of aliphatic hydroxyl groups is 1. The van der Waals surface area contributed by atoms with Crippen LogP contribution in [0.25, 0.3) is 11.4 Å². The number of carbonyl (C=O) groups excluding carboxylic acids is 1. The number of rotatable bonds is 7. The Morgan fingerprint density at radius 1 is 1.28 bits per heavy atom. The molecule has 0 spiro atoms. The Hall–Kier alpha value is -3.00. The number of carbonyl (C=O) groups is 1. The van der Waals surface area contributed by atoms with Crippen LogP contribution in [-0.4, -0.2) is 27.7 Å². The molecule has 1 atom stereocenters. The highest BCUT2D eigenvalue weighted by atomic mass is 19.1. The third-order valence-corrected chi connectivity index (χ3v) is 3.56. The first-order chi connectivity index (χ1) is 12.1. The van der Waals surface area contributed by atoms with E-state index in [0.717, 1.165) is 0 Å². The fourth-order valence-electron chi connectivity index (χ4n) is 2.19. The Balaban J connectivity index is 1.44. The lowest BCUT2D eigenvalue weighted by Crippen LogP contribution is -2.28. The van der Waals surface area contributed by atoms with E-state index in [4.69, 9.17) is 8.94 Å². The van der Waals surface area contributed by atoms with Gasteiger partial charge in [-0.2, -0.15) is 4.98 Å². The molecule has 0 saturated heterocycles. The number of hydrogen-bond donors (Lipinski definition) is 2. The molecule has 3 aromatic rings. The number of halogens is 1. The van der Waals surface area contributed by atoms with E-state index in [-0.39, 0.29) is 31.1 Å². The minimum Gasteiger partial charge on any atom is -0.472 e. The minimum atomic E-state index is -0.902. The Morgan fingerprint density at radius 3 is 2.80 bits per heavy atom. The van der Waals surface area contributed by atoms with Gasteiger partial charge in [-0.05, 0) is 23.8 Å². The van der Waals surface area contributed by atoms with E-state index in [1.807, 2.05) is 0 Å². The fourth-order valence-corrected chi connectivity index (χ4v) is 2.19. The van der Waals surface area contributed by atoms with Gasteiger partial charge in [0.25, 0.3) is 0 Å². The summed E-state index contributed by atoms with van der Waals surface area (Å²) in [5.41, 5.74) is 1.23. The molecule has 8 heteroatoms. The maximum atomic E-state index is 12.8. The van der Waals surface area contributed by atoms with Gasteiger partial charge in [-0.25, -0.2) is 4.39 Å². The maximum absolute atomic E-state index is 12.8. The Morgan fingerprint density at radius 2 is 2.08 bits per heavy atom. The zero-order valence-corrected chi connectivity index (χ0v) is 13.2. The van der Waals surface area contributed by atoms with E-state index in [9.17, 15) is 14.3 Å². The van der Waals surface area contributed by atoms with Crippen LogP contribution in [0.5, 0.6) is 0 Å². The summed E-state index contributed by atoms with van der Waals surface area (Å²) in [7, 11) is 0. The quantitative estimate of drug-likeness (QED) is 0.681. The average Bonchev–Trinajstić information content (AvgIpc) is 3.29. The molecule has 0 saturated carbocycles. The molecule has 2 heterocycles. The summed E-state index contributed by atoms with van der Waals surface area (Å²) in [5, 5.41) is 16.4. The average molecular weight is 345 g/mol. The van der Waals surface area contributed by atoms with Crippen molar-refractivity contribution < 1.29 is 23.2 Å². The molecule has 0 fully saturated rings. The van der Waals surface area contributed by atoms with Crippen molar-refractivity contribution in [2.24, 2.45) is 0 Å². The first kappa shape index (κ1) is 16.8. The number of benzene rings is 1. The van der Waals surface area contributed by atoms with Gasteiger partial charge in [0.1, 0.15) is 12.1 Å². The topological polar surface area (TPSA) is 101 Å². The monoisotopic (exact) mass is 345 g/mol. The first-order valence-electron chi connectivity index (χ1n) is 7.67. The molecule has 0 radical (unpaired) electrons. The number of furan rings is 1. The van der Waals surface area contributed by atoms with E-state index >= 15 is 0 Å². The number of hydrogen-bond acceptors (Lipinski definition) is 6. The van der Waals surface area contributed by atoms with Crippen molar-refractivity contribution in [2.45, 2.75) is 18.9 Å². The van der Waals surface area contributed by atoms with Crippen LogP contribution >= 0.6 is 0 Å². The molecule has 1 aromatic carbocycles. The van der Waals surface area contributed by atoms with E-state index < -0.39 is 6.10 Å². The highest BCUT2D eigenvalue weighted by Crippen LogP contribution is 2.16. The van der Waals surface area contributed by atoms with Crippen molar-refractivity contribution in [3.8, 4) is 11.4 Å². The van der Waals surface area contributed by atoms with Gasteiger partial charge in [0, 0.05) is 19.4 Å². The lowest BCUT2D eigenvalue weighted by atomic mass is 10.1. The van der Waals surface area contributed by atoms with Crippen LogP contribution in [0, 0.1) is 5.82 Å². The standard InChI is InChI=1S/C17H16FN3O4/c18-13-3-1-11(2-4-13)14(22)9-19-15(23)5-6-16-20-17(21-25-16)12-7-8-24-10-12/h1-4,7-8,10,14,22H,5-6,9H2,(H,19,23). The third kappa shape index (κ3) is 4.51. The molecule has 1 amide bonds. The Kier molecular flexibility index (Phi) is 5.20. The maximum Gasteiger partial charge on any atom is 0.227 e. The molecular formula is C17H16FN3O4. The zero-order chi connectivity index (χ0) is 17.6. The smallest absolute Gasteiger partial charge is 0.227 e. The third-order valence-electron chi connectivity index (χ3n) is 3.56. The number of aryl methyl sites for hydroxylation is 1. The predicted octanol–water partition coefficient (Wildman–Crippen LogP) is 2.25. The van der Waals surface area contributed by atoms with Gasteiger partial charge < -0.3 is 19.4 Å². The second-order valence-corrected chi connectivity index (χ2v) is 5.40. The van der Waals surface area contributed by atoms with Crippen LogP contribution < -0.4 is 5.32 Å². The second-order valence-electron chi connectivity index (χ2n) is 5.40. The molecule has 1 unspecified atom stereocenters. The number of amides is 1. The molecule has 0 aliphatic rings. The molecule has 3 rings (SSSR count). The van der Waals surface area contributed by atoms with Crippen molar-refractivity contribution in [3.05, 3.63) is 60.1 Å². The molecular weight excluding hydrogens is 329 g/mol. The van der Waals surface area contributed by atoms with Crippen LogP contribution in [-0.2, 0) is 11.2 Å². The summed E-state index contributed by atoms with van der Waals surface area (Å²) in [4.78, 5) is 16.0. The van der Waals surface area contributed by atoms with E-state index in [1.54, 1.807) is 6.07 Å². The Labute approximate surface area is 142 Å². The van der Waals surface area contributed by atoms with Crippen molar-refractivity contribution >= 4 is 5.91 Å². The molecule has 7 nitrogen and oxygen atoms in total. The van der Waals surface area contributed by atoms with Gasteiger partial charge in [-0.1, -0.05) is 17.3 Å². The van der Waals surface area contributed by atoms with Gasteiger partial charge in [0.15, 0.2) is 0 Å². The van der Waals surface area contributed by atoms with Crippen molar-refractivity contribution in [3.63, 3.8) is 0 Å². The fraction of sp³-hybridized carbons (Fsp3) is 0.235. The molecule has 0 bridgehead atoms. The van der Waals surface area contributed by atoms with Gasteiger partial charge in [-0.15, -0.1) is 0 Å². The lowest BCUT2D eigenvalue weighted by Gasteiger charge is -2.12. The van der Waals surface area contributed by atoms with E-state index in [2.05, 4.69) is 15.5 Å². The van der Waals surface area contributed by atoms with Crippen molar-refractivity contribution in [1.82, 2.24) is 15.5 Å². The van der Waals surface area contributed by atoms with Crippen LogP contribution in [0.15, 0.2) is 51.8 Å². The highest BCUT2D eigenvalue weighted by Gasteiger charge is 2.13. The minimum absolute atomic E-state index is 0.0363. The van der Waals surface area contributed by atoms with Crippen LogP contribution in [0.2, 0.25) is 0 Å². The first-order valence-corrected chi connectivity index (χ1v) is 7.67. The van der Waals surface area contributed by atoms with Crippen LogP contribution in [0.3, 0.4) is 0 Å². The Bertz CT molecular complexity index is 815. The van der Waals surface area contributed by atoms with Gasteiger partial charge >= 0.3 is 0 Å². The number of aliphatic hydroxyl groups excluding tert-OH is 1. The molecule has 2 N–H and O–H groups in total. The van der Waals surface area contributed by atoms with Gasteiger partial charge in [0.05, 0.1) is 17.9 Å². The second kappa shape index (κ2) is 7.71. The summed E-state index contributed by atoms with van der Waals surface area (Å²) in [6.45, 7) is 0.0363. The predicted molar refractivity (Wildman–Crippen MR) is 84.7 cm³/mol. The van der Waals surface area contributed by atoms with Crippen LogP contribution in [0.1, 0.15) is 24.0 Å². The summed E-state index contributed by atoms with van der Waals surface area (Å²) in [6.07, 6.45) is 2.52. The summed E-state index contributed by atoms with van der Waals surface area (Å²) >= 11 is 0. The normalized spacial score (nSPS) is 12.1. The summed E-state index contributed by atoms with van der Waals surface area (Å²) < 4.78 is 22.9. The van der Waals surface area contributed by atoms with E-state index in [1.165, 1.54) is 36.8 Å². The number of aromatic nitrogens is 2. The molecule has 0 aliphatic heterocycles. The van der Waals surface area contributed by atoms with Gasteiger partial charge in [-0.3, -0.25) is 4.79 Å². The van der Waals surface area contributed by atoms with E-state index in [0.29, 0.717) is 22.8 Å². The molecule has 2 aromatic heterocycles. The summed E-state index contributed by atoms with van der Waals surface area (Å²) in [6, 6.07) is 7.17. The van der Waals surface area contributed by atoms with Crippen molar-refractivity contribution in [1.29, 1.82) is 0 Å². The summed E-state index contributed by atoms with van der Waals surface area (Å²) in [5.74, 6) is 0.0971. The molecule has 0 aliphatic carbocycles. The number of nitrogens with one attached hydrogen (secondary N) is 1. The zero-order valence-electron chi connectivity index (χ0n) is 13.2. The highest BCUT2D eigenvalue weighted by molar-refractivity contribution is 5.76. The largest absolute Gasteiger partial charge is 0.472 e. The molecule has 25 heavy (non-hydrogen) atoms.